The van der Waals surface area contributed by atoms with Gasteiger partial charge in [0, 0.05) is 0 Å². The van der Waals surface area contributed by atoms with E-state index in [1.807, 2.05) is 0 Å². The van der Waals surface area contributed by atoms with Gasteiger partial charge in [-0.25, -0.2) is 0 Å². The number of hydrogen-bond acceptors (Lipinski definition) is 1. The Morgan fingerprint density at radius 1 is 0.857 bits per heavy atom. The molecule has 0 amide bonds. The van der Waals surface area contributed by atoms with Gasteiger partial charge >= 0.3 is 0 Å². The van der Waals surface area contributed by atoms with E-state index in [2.05, 4.69) is 50.3 Å². The zero-order valence-electron chi connectivity index (χ0n) is 18.6. The predicted octanol–water partition coefficient (Wildman–Crippen LogP) is 8.52. The third-order valence-electron chi connectivity index (χ3n) is 6.29. The van der Waals surface area contributed by atoms with Gasteiger partial charge in [0.15, 0.2) is 0 Å². The molecule has 1 aliphatic rings. The molecule has 1 aliphatic carbocycles. The fourth-order valence-corrected chi connectivity index (χ4v) is 4.44. The molecule has 158 valence electrons. The van der Waals surface area contributed by atoms with Crippen molar-refractivity contribution in [2.75, 3.05) is 6.61 Å². The molecular formula is C27H44O. The van der Waals surface area contributed by atoms with Gasteiger partial charge in [-0.05, 0) is 74.5 Å². The first-order valence-electron chi connectivity index (χ1n) is 12.2. The smallest absolute Gasteiger partial charge is 0.119 e. The van der Waals surface area contributed by atoms with Gasteiger partial charge in [0.1, 0.15) is 5.75 Å². The maximum atomic E-state index is 5.88. The Morgan fingerprint density at radius 3 is 2.29 bits per heavy atom. The average Bonchev–Trinajstić information content (AvgIpc) is 2.73. The van der Waals surface area contributed by atoms with E-state index >= 15 is 0 Å². The molecule has 1 saturated carbocycles. The highest BCUT2D eigenvalue weighted by Gasteiger charge is 2.18. The lowest BCUT2D eigenvalue weighted by atomic mass is 9.80. The van der Waals surface area contributed by atoms with Crippen LogP contribution in [0.2, 0.25) is 0 Å². The number of aryl methyl sites for hydroxylation is 1. The monoisotopic (exact) mass is 384 g/mol. The topological polar surface area (TPSA) is 9.23 Å². The molecule has 0 heterocycles. The maximum absolute atomic E-state index is 5.88. The van der Waals surface area contributed by atoms with Gasteiger partial charge < -0.3 is 4.74 Å². The van der Waals surface area contributed by atoms with Gasteiger partial charge in [0.2, 0.25) is 0 Å². The minimum absolute atomic E-state index is 0.839. The van der Waals surface area contributed by atoms with Crippen LogP contribution in [0.25, 0.3) is 0 Å². The van der Waals surface area contributed by atoms with Gasteiger partial charge in [-0.2, -0.15) is 0 Å². The van der Waals surface area contributed by atoms with Crippen molar-refractivity contribution < 1.29 is 4.74 Å². The van der Waals surface area contributed by atoms with Crippen LogP contribution in [0.1, 0.15) is 103 Å². The first-order valence-corrected chi connectivity index (χ1v) is 12.2. The molecule has 0 aliphatic heterocycles. The lowest BCUT2D eigenvalue weighted by Gasteiger charge is -2.26. The van der Waals surface area contributed by atoms with E-state index in [0.717, 1.165) is 37.0 Å². The maximum Gasteiger partial charge on any atom is 0.119 e. The number of hydrogen-bond donors (Lipinski definition) is 0. The van der Waals surface area contributed by atoms with E-state index < -0.39 is 0 Å². The van der Waals surface area contributed by atoms with Crippen molar-refractivity contribution in [3.8, 4) is 5.75 Å². The normalized spacial score (nSPS) is 19.9. The van der Waals surface area contributed by atoms with Crippen molar-refractivity contribution in [1.29, 1.82) is 0 Å². The molecule has 1 aromatic carbocycles. The number of benzene rings is 1. The van der Waals surface area contributed by atoms with E-state index in [1.54, 1.807) is 0 Å². The summed E-state index contributed by atoms with van der Waals surface area (Å²) < 4.78 is 5.88. The first-order chi connectivity index (χ1) is 13.8. The second kappa shape index (κ2) is 14.7. The van der Waals surface area contributed by atoms with Crippen molar-refractivity contribution in [2.24, 2.45) is 11.8 Å². The summed E-state index contributed by atoms with van der Waals surface area (Å²) in [5.41, 5.74) is 1.42. The first kappa shape index (κ1) is 23.0. The summed E-state index contributed by atoms with van der Waals surface area (Å²) in [5, 5.41) is 0. The molecule has 1 nitrogen and oxygen atoms in total. The predicted molar refractivity (Wildman–Crippen MR) is 123 cm³/mol. The Labute approximate surface area is 175 Å². The summed E-state index contributed by atoms with van der Waals surface area (Å²) in [4.78, 5) is 0. The molecule has 2 rings (SSSR count). The summed E-state index contributed by atoms with van der Waals surface area (Å²) in [5.74, 6) is 2.87. The highest BCUT2D eigenvalue weighted by atomic mass is 16.5. The third kappa shape index (κ3) is 9.80. The van der Waals surface area contributed by atoms with E-state index in [1.165, 1.54) is 82.6 Å². The van der Waals surface area contributed by atoms with E-state index in [0.29, 0.717) is 0 Å². The molecule has 0 radical (unpaired) electrons. The number of allylic oxidation sites excluding steroid dienone is 2. The molecule has 0 saturated heterocycles. The van der Waals surface area contributed by atoms with Gasteiger partial charge in [0.05, 0.1) is 6.61 Å². The van der Waals surface area contributed by atoms with Crippen LogP contribution in [-0.2, 0) is 6.42 Å². The lowest BCUT2D eigenvalue weighted by Crippen LogP contribution is -2.12. The van der Waals surface area contributed by atoms with Crippen molar-refractivity contribution in [3.05, 3.63) is 42.0 Å². The number of ether oxygens (including phenoxy) is 1. The highest BCUT2D eigenvalue weighted by molar-refractivity contribution is 5.27. The second-order valence-electron chi connectivity index (χ2n) is 8.80. The second-order valence-corrected chi connectivity index (χ2v) is 8.80. The summed E-state index contributed by atoms with van der Waals surface area (Å²) in [6, 6.07) is 8.76. The minimum Gasteiger partial charge on any atom is -0.494 e. The summed E-state index contributed by atoms with van der Waals surface area (Å²) in [6.45, 7) is 5.44. The molecule has 1 fully saturated rings. The number of unbranched alkanes of at least 4 members (excludes halogenated alkanes) is 5. The fraction of sp³-hybridized carbons (Fsp3) is 0.704. The third-order valence-corrected chi connectivity index (χ3v) is 6.29. The zero-order valence-corrected chi connectivity index (χ0v) is 18.6. The highest BCUT2D eigenvalue weighted by Crippen LogP contribution is 2.32. The summed E-state index contributed by atoms with van der Waals surface area (Å²) in [7, 11) is 0. The van der Waals surface area contributed by atoms with Crippen molar-refractivity contribution in [1.82, 2.24) is 0 Å². The van der Waals surface area contributed by atoms with Crippen LogP contribution >= 0.6 is 0 Å². The molecule has 0 N–H and O–H groups in total. The summed E-state index contributed by atoms with van der Waals surface area (Å²) >= 11 is 0. The van der Waals surface area contributed by atoms with Gasteiger partial charge in [-0.1, -0.05) is 83.1 Å². The number of rotatable bonds is 14. The van der Waals surface area contributed by atoms with Crippen molar-refractivity contribution in [3.63, 3.8) is 0 Å². The van der Waals surface area contributed by atoms with Gasteiger partial charge in [-0.15, -0.1) is 0 Å². The Balaban J connectivity index is 1.55. The standard InChI is InChI=1S/C27H44O/c1-3-5-6-7-8-11-23-28-27-21-19-26(20-22-27)14-10-9-13-25-17-15-24(12-4-2)16-18-25/h9,13,19-22,24-25H,3-8,10-12,14-18,23H2,1-2H3/t24-,25-. The largest absolute Gasteiger partial charge is 0.494 e. The van der Waals surface area contributed by atoms with Crippen LogP contribution in [-0.4, -0.2) is 6.61 Å². The SMILES string of the molecule is CCCCCCCCOc1ccc(CCC=C[C@H]2CC[C@H](CCC)CC2)cc1. The van der Waals surface area contributed by atoms with Crippen LogP contribution in [0.15, 0.2) is 36.4 Å². The molecule has 0 spiro atoms. The Kier molecular flexibility index (Phi) is 12.1. The summed E-state index contributed by atoms with van der Waals surface area (Å²) in [6.07, 6.45) is 23.6. The molecule has 0 atom stereocenters. The fourth-order valence-electron chi connectivity index (χ4n) is 4.44. The molecule has 28 heavy (non-hydrogen) atoms. The quantitative estimate of drug-likeness (QED) is 0.231. The average molecular weight is 385 g/mol. The Hall–Kier alpha value is -1.24. The lowest BCUT2D eigenvalue weighted by molar-refractivity contribution is 0.294. The van der Waals surface area contributed by atoms with E-state index in [-0.39, 0.29) is 0 Å². The van der Waals surface area contributed by atoms with E-state index in [4.69, 9.17) is 4.74 Å². The van der Waals surface area contributed by atoms with Crippen LogP contribution in [0, 0.1) is 11.8 Å². The van der Waals surface area contributed by atoms with Crippen LogP contribution in [0.4, 0.5) is 0 Å². The minimum atomic E-state index is 0.839. The molecular weight excluding hydrogens is 340 g/mol. The molecule has 0 unspecified atom stereocenters. The molecule has 1 aromatic rings. The zero-order chi connectivity index (χ0) is 19.9. The van der Waals surface area contributed by atoms with Gasteiger partial charge in [0.25, 0.3) is 0 Å². The van der Waals surface area contributed by atoms with Crippen molar-refractivity contribution in [2.45, 2.75) is 104 Å². The molecule has 0 aromatic heterocycles. The van der Waals surface area contributed by atoms with Crippen molar-refractivity contribution >= 4 is 0 Å². The molecule has 0 bridgehead atoms. The Bertz CT molecular complexity index is 508. The van der Waals surface area contributed by atoms with Crippen LogP contribution in [0.5, 0.6) is 5.75 Å². The van der Waals surface area contributed by atoms with Gasteiger partial charge in [-0.3, -0.25) is 0 Å². The van der Waals surface area contributed by atoms with Crippen LogP contribution in [0.3, 0.4) is 0 Å². The van der Waals surface area contributed by atoms with E-state index in [9.17, 15) is 0 Å². The Morgan fingerprint density at radius 2 is 1.57 bits per heavy atom. The molecule has 1 heteroatoms. The van der Waals surface area contributed by atoms with Crippen LogP contribution < -0.4 is 4.74 Å².